The summed E-state index contributed by atoms with van der Waals surface area (Å²) in [6.07, 6.45) is 3.32. The fourth-order valence-corrected chi connectivity index (χ4v) is 4.44. The molecule has 1 heterocycles. The highest BCUT2D eigenvalue weighted by atomic mass is 35.5. The summed E-state index contributed by atoms with van der Waals surface area (Å²) >= 11 is 12.0. The van der Waals surface area contributed by atoms with Gasteiger partial charge in [0.2, 0.25) is 0 Å². The van der Waals surface area contributed by atoms with Crippen LogP contribution in [0.2, 0.25) is 10.0 Å². The maximum Gasteiger partial charge on any atom is 0.310 e. The molecule has 162 valence electrons. The highest BCUT2D eigenvalue weighted by Crippen LogP contribution is 2.34. The molecule has 3 aromatic rings. The zero-order chi connectivity index (χ0) is 22.3. The highest BCUT2D eigenvalue weighted by molar-refractivity contribution is 6.42. The van der Waals surface area contributed by atoms with Crippen molar-refractivity contribution < 1.29 is 23.8 Å². The molecule has 1 aliphatic carbocycles. The third kappa shape index (κ3) is 4.02. The van der Waals surface area contributed by atoms with Gasteiger partial charge in [-0.15, -0.1) is 0 Å². The highest BCUT2D eigenvalue weighted by Gasteiger charge is 2.27. The third-order valence-corrected chi connectivity index (χ3v) is 6.44. The molecule has 1 aromatic heterocycles. The normalized spacial score (nSPS) is 14.3. The van der Waals surface area contributed by atoms with Crippen LogP contribution in [0.1, 0.15) is 47.3 Å². The Morgan fingerprint density at radius 2 is 1.87 bits per heavy atom. The van der Waals surface area contributed by atoms with E-state index in [4.69, 9.17) is 27.9 Å². The smallest absolute Gasteiger partial charge is 0.310 e. The van der Waals surface area contributed by atoms with Gasteiger partial charge in [0.15, 0.2) is 11.6 Å². The predicted molar refractivity (Wildman–Crippen MR) is 117 cm³/mol. The minimum absolute atomic E-state index is 0.0225. The molecular weight excluding hydrogens is 444 g/mol. The molecule has 5 nitrogen and oxygen atoms in total. The van der Waals surface area contributed by atoms with Gasteiger partial charge in [-0.2, -0.15) is 0 Å². The van der Waals surface area contributed by atoms with Crippen LogP contribution in [-0.4, -0.2) is 27.7 Å². The fraction of sp³-hybridized carbons (Fsp3) is 0.304. The van der Waals surface area contributed by atoms with E-state index < -0.39 is 23.4 Å². The van der Waals surface area contributed by atoms with Gasteiger partial charge in [0.25, 0.3) is 5.91 Å². The lowest BCUT2D eigenvalue weighted by Gasteiger charge is -2.12. The summed E-state index contributed by atoms with van der Waals surface area (Å²) in [7, 11) is 0. The van der Waals surface area contributed by atoms with Crippen LogP contribution < -0.4 is 0 Å². The van der Waals surface area contributed by atoms with Gasteiger partial charge in [-0.05, 0) is 68.5 Å². The number of aromatic nitrogens is 1. The minimum Gasteiger partial charge on any atom is -0.505 e. The minimum atomic E-state index is -0.884. The summed E-state index contributed by atoms with van der Waals surface area (Å²) < 4.78 is 21.8. The van der Waals surface area contributed by atoms with Crippen molar-refractivity contribution in [1.29, 1.82) is 0 Å². The molecule has 0 spiro atoms. The first kappa shape index (κ1) is 21.7. The largest absolute Gasteiger partial charge is 0.505 e. The molecule has 1 aliphatic rings. The van der Waals surface area contributed by atoms with Crippen molar-refractivity contribution in [2.45, 2.75) is 45.1 Å². The number of fused-ring (bicyclic) bond motifs is 1. The lowest BCUT2D eigenvalue weighted by molar-refractivity contribution is -0.147. The number of aromatic hydroxyl groups is 1. The van der Waals surface area contributed by atoms with Crippen LogP contribution in [0.5, 0.6) is 5.75 Å². The zero-order valence-corrected chi connectivity index (χ0v) is 18.3. The second-order valence-corrected chi connectivity index (χ2v) is 8.51. The van der Waals surface area contributed by atoms with Gasteiger partial charge in [0.05, 0.1) is 22.0 Å². The van der Waals surface area contributed by atoms with Gasteiger partial charge in [0, 0.05) is 16.6 Å². The van der Waals surface area contributed by atoms with Crippen molar-refractivity contribution in [2.24, 2.45) is 0 Å². The number of ether oxygens (including phenoxy) is 1. The van der Waals surface area contributed by atoms with Crippen molar-refractivity contribution >= 4 is 46.0 Å². The molecular formula is C23H20Cl2FNO4. The molecule has 0 radical (unpaired) electrons. The van der Waals surface area contributed by atoms with Gasteiger partial charge < -0.3 is 9.84 Å². The monoisotopic (exact) mass is 463 g/mol. The van der Waals surface area contributed by atoms with Crippen molar-refractivity contribution in [2.75, 3.05) is 0 Å². The molecule has 1 fully saturated rings. The molecule has 2 aromatic carbocycles. The van der Waals surface area contributed by atoms with E-state index in [2.05, 4.69) is 0 Å². The molecule has 1 saturated carbocycles. The number of nitrogens with zero attached hydrogens (tertiary/aromatic N) is 1. The van der Waals surface area contributed by atoms with Gasteiger partial charge in [-0.25, -0.2) is 4.39 Å². The molecule has 0 amide bonds. The van der Waals surface area contributed by atoms with Crippen molar-refractivity contribution in [3.8, 4) is 5.75 Å². The first-order valence-electron chi connectivity index (χ1n) is 9.98. The SMILES string of the molecule is Cc1c(CC(=O)OC2CCCC2)c2c(F)c(O)ccc2n1C(=O)c1ccc(Cl)c(Cl)c1. The fourth-order valence-electron chi connectivity index (χ4n) is 4.14. The Balaban J connectivity index is 1.80. The maximum atomic E-state index is 14.9. The summed E-state index contributed by atoms with van der Waals surface area (Å²) in [5.41, 5.74) is 1.19. The summed E-state index contributed by atoms with van der Waals surface area (Å²) in [6.45, 7) is 1.63. The van der Waals surface area contributed by atoms with Crippen LogP contribution in [0.3, 0.4) is 0 Å². The van der Waals surface area contributed by atoms with Crippen molar-refractivity contribution in [1.82, 2.24) is 4.57 Å². The first-order chi connectivity index (χ1) is 14.8. The number of hydrogen-bond donors (Lipinski definition) is 1. The van der Waals surface area contributed by atoms with Gasteiger partial charge in [-0.1, -0.05) is 23.2 Å². The van der Waals surface area contributed by atoms with Crippen molar-refractivity contribution in [3.63, 3.8) is 0 Å². The van der Waals surface area contributed by atoms with E-state index in [0.717, 1.165) is 25.7 Å². The zero-order valence-electron chi connectivity index (χ0n) is 16.8. The Morgan fingerprint density at radius 1 is 1.16 bits per heavy atom. The van der Waals surface area contributed by atoms with E-state index in [0.29, 0.717) is 16.3 Å². The second-order valence-electron chi connectivity index (χ2n) is 7.70. The molecule has 0 atom stereocenters. The number of carbonyl (C=O) groups is 2. The Kier molecular flexibility index (Phi) is 5.95. The topological polar surface area (TPSA) is 68.5 Å². The van der Waals surface area contributed by atoms with Crippen LogP contribution in [0.15, 0.2) is 30.3 Å². The number of carbonyl (C=O) groups excluding carboxylic acids is 2. The van der Waals surface area contributed by atoms with E-state index in [-0.39, 0.29) is 34.0 Å². The van der Waals surface area contributed by atoms with Gasteiger partial charge in [-0.3, -0.25) is 14.2 Å². The number of rotatable bonds is 4. The number of esters is 1. The number of phenols is 1. The number of phenolic OH excluding ortho intramolecular Hbond substituents is 1. The molecule has 4 rings (SSSR count). The van der Waals surface area contributed by atoms with E-state index in [9.17, 15) is 19.1 Å². The van der Waals surface area contributed by atoms with Gasteiger partial charge >= 0.3 is 5.97 Å². The maximum absolute atomic E-state index is 14.9. The summed E-state index contributed by atoms with van der Waals surface area (Å²) in [5, 5.41) is 10.5. The van der Waals surface area contributed by atoms with E-state index >= 15 is 0 Å². The summed E-state index contributed by atoms with van der Waals surface area (Å²) in [6, 6.07) is 7.08. The van der Waals surface area contributed by atoms with Gasteiger partial charge in [0.1, 0.15) is 6.10 Å². The molecule has 1 N–H and O–H groups in total. The lowest BCUT2D eigenvalue weighted by atomic mass is 10.1. The van der Waals surface area contributed by atoms with Crippen LogP contribution in [0.25, 0.3) is 10.9 Å². The Bertz CT molecular complexity index is 1200. The van der Waals surface area contributed by atoms with Crippen LogP contribution in [0.4, 0.5) is 4.39 Å². The quantitative estimate of drug-likeness (QED) is 0.495. The van der Waals surface area contributed by atoms with Crippen molar-refractivity contribution in [3.05, 3.63) is 63.0 Å². The molecule has 0 aliphatic heterocycles. The summed E-state index contributed by atoms with van der Waals surface area (Å²) in [5.74, 6) is -2.39. The van der Waals surface area contributed by atoms with Crippen LogP contribution in [0, 0.1) is 12.7 Å². The second kappa shape index (κ2) is 8.52. The number of benzene rings is 2. The average molecular weight is 464 g/mol. The molecule has 0 bridgehead atoms. The lowest BCUT2D eigenvalue weighted by Crippen LogP contribution is -2.17. The van der Waals surface area contributed by atoms with Crippen LogP contribution in [-0.2, 0) is 16.0 Å². The molecule has 8 heteroatoms. The first-order valence-corrected chi connectivity index (χ1v) is 10.7. The van der Waals surface area contributed by atoms with Crippen LogP contribution >= 0.6 is 23.2 Å². The Hall–Kier alpha value is -2.57. The Morgan fingerprint density at radius 3 is 2.55 bits per heavy atom. The molecule has 0 unspecified atom stereocenters. The Labute approximate surface area is 188 Å². The predicted octanol–water partition coefficient (Wildman–Crippen LogP) is 5.82. The average Bonchev–Trinajstić information content (AvgIpc) is 3.33. The molecule has 0 saturated heterocycles. The standard InChI is InChI=1S/C23H20Cl2FNO4/c1-12-15(11-20(29)31-14-4-2-3-5-14)21-18(8-9-19(28)22(21)26)27(12)23(30)13-6-7-16(24)17(25)10-13/h6-10,14,28H,2-5,11H2,1H3. The summed E-state index contributed by atoms with van der Waals surface area (Å²) in [4.78, 5) is 25.8. The van der Waals surface area contributed by atoms with E-state index in [1.165, 1.54) is 34.9 Å². The number of hydrogen-bond acceptors (Lipinski definition) is 4. The third-order valence-electron chi connectivity index (χ3n) is 5.71. The molecule has 31 heavy (non-hydrogen) atoms. The van der Waals surface area contributed by atoms with E-state index in [1.54, 1.807) is 6.92 Å². The van der Waals surface area contributed by atoms with E-state index in [1.807, 2.05) is 0 Å². The number of halogens is 3.